The van der Waals surface area contributed by atoms with E-state index in [0.29, 0.717) is 106 Å². The highest BCUT2D eigenvalue weighted by atomic mass is 19.4. The van der Waals surface area contributed by atoms with Gasteiger partial charge < -0.3 is 52.7 Å². The van der Waals surface area contributed by atoms with Gasteiger partial charge in [-0.25, -0.2) is 0 Å². The Morgan fingerprint density at radius 2 is 1.13 bits per heavy atom. The quantitative estimate of drug-likeness (QED) is 0.0706. The summed E-state index contributed by atoms with van der Waals surface area (Å²) < 4.78 is 90.1. The van der Waals surface area contributed by atoms with E-state index in [2.05, 4.69) is 5.32 Å². The summed E-state index contributed by atoms with van der Waals surface area (Å²) in [5.74, 6) is -4.70. The van der Waals surface area contributed by atoms with Crippen LogP contribution in [0.1, 0.15) is 46.4 Å². The second kappa shape index (κ2) is 29.2. The van der Waals surface area contributed by atoms with E-state index in [4.69, 9.17) is 47.4 Å². The summed E-state index contributed by atoms with van der Waals surface area (Å²) in [6.45, 7) is 5.43. The molecule has 5 amide bonds. The molecule has 1 aromatic rings. The van der Waals surface area contributed by atoms with E-state index < -0.39 is 41.8 Å². The maximum Gasteiger partial charge on any atom is 0.471 e. The maximum atomic E-state index is 13.1. The van der Waals surface area contributed by atoms with Gasteiger partial charge in [-0.3, -0.25) is 39.0 Å². The monoisotopic (exact) mass is 865 g/mol. The van der Waals surface area contributed by atoms with Gasteiger partial charge in [-0.05, 0) is 25.0 Å². The Kier molecular flexibility index (Phi) is 24.4. The molecular weight excluding hydrogens is 811 g/mol. The van der Waals surface area contributed by atoms with Crippen LogP contribution in [-0.4, -0.2) is 185 Å². The number of hydrogen-bond donors (Lipinski definition) is 2. The molecule has 2 N–H and O–H groups in total. The molecule has 3 rings (SSSR count). The van der Waals surface area contributed by atoms with E-state index in [-0.39, 0.29) is 74.9 Å². The summed E-state index contributed by atoms with van der Waals surface area (Å²) in [4.78, 5) is 73.8. The topological polar surface area (TPSA) is 222 Å². The average Bonchev–Trinajstić information content (AvgIpc) is 3.47. The summed E-state index contributed by atoms with van der Waals surface area (Å²) in [5.41, 5.74) is 0.0551. The zero-order chi connectivity index (χ0) is 43.4. The van der Waals surface area contributed by atoms with E-state index in [0.717, 1.165) is 4.90 Å². The lowest BCUT2D eigenvalue weighted by atomic mass is 10.0. The van der Waals surface area contributed by atoms with Gasteiger partial charge >= 0.3 is 12.1 Å². The average molecular weight is 866 g/mol. The molecule has 0 radical (unpaired) electrons. The van der Waals surface area contributed by atoms with Gasteiger partial charge in [0.15, 0.2) is 5.78 Å². The highest BCUT2D eigenvalue weighted by molar-refractivity contribution is 6.24. The van der Waals surface area contributed by atoms with Crippen molar-refractivity contribution in [3.05, 3.63) is 29.3 Å². The van der Waals surface area contributed by atoms with Crippen molar-refractivity contribution in [1.29, 1.82) is 0 Å². The molecule has 1 aromatic carbocycles. The Balaban J connectivity index is 1.01. The van der Waals surface area contributed by atoms with Gasteiger partial charge in [0.2, 0.25) is 11.8 Å². The molecular formula is C38H54F3N3O16. The van der Waals surface area contributed by atoms with E-state index in [9.17, 15) is 41.9 Å². The number of carbonyl (C=O) groups is 6. The third-order valence-corrected chi connectivity index (χ3v) is 8.33. The summed E-state index contributed by atoms with van der Waals surface area (Å²) in [5, 5.41) is 3.85. The van der Waals surface area contributed by atoms with Gasteiger partial charge in [0, 0.05) is 26.0 Å². The standard InChI is InChI=1S/C38H54F3N3O16/c39-38(40,41)37(50)42-8-10-52-12-14-54-16-18-56-20-22-58-24-26-59-25-23-57-21-19-55-17-15-53-13-11-51-9-2-3-28(45)27-60-31-5-1-4-29-33(31)36(49)44(35(29)48)30-6-7-32(46)43-34(30)47/h1,4-5,30H,2-3,6-27H2,(H,42,50)(H,43,46,47). The predicted molar refractivity (Wildman–Crippen MR) is 199 cm³/mol. The summed E-state index contributed by atoms with van der Waals surface area (Å²) >= 11 is 0. The lowest BCUT2D eigenvalue weighted by Crippen LogP contribution is -2.54. The number of carbonyl (C=O) groups excluding carboxylic acids is 6. The number of fused-ring (bicyclic) bond motifs is 1. The number of nitrogens with one attached hydrogen (secondary N) is 2. The van der Waals surface area contributed by atoms with Gasteiger partial charge in [-0.1, -0.05) is 6.07 Å². The van der Waals surface area contributed by atoms with Gasteiger partial charge in [-0.15, -0.1) is 0 Å². The molecule has 1 unspecified atom stereocenters. The smallest absolute Gasteiger partial charge is 0.471 e. The Bertz CT molecular complexity index is 1500. The zero-order valence-corrected chi connectivity index (χ0v) is 33.4. The normalized spacial score (nSPS) is 15.4. The fraction of sp³-hybridized carbons (Fsp3) is 0.684. The van der Waals surface area contributed by atoms with Crippen molar-refractivity contribution in [3.63, 3.8) is 0 Å². The van der Waals surface area contributed by atoms with Gasteiger partial charge in [0.1, 0.15) is 18.4 Å². The fourth-order valence-electron chi connectivity index (χ4n) is 5.40. The first-order valence-corrected chi connectivity index (χ1v) is 19.5. The van der Waals surface area contributed by atoms with Crippen LogP contribution in [0.4, 0.5) is 13.2 Å². The van der Waals surface area contributed by atoms with Crippen molar-refractivity contribution in [3.8, 4) is 5.75 Å². The molecule has 19 nitrogen and oxygen atoms in total. The number of amides is 5. The van der Waals surface area contributed by atoms with Crippen LogP contribution in [0.25, 0.3) is 0 Å². The van der Waals surface area contributed by atoms with Crippen molar-refractivity contribution in [2.24, 2.45) is 0 Å². The van der Waals surface area contributed by atoms with E-state index in [1.807, 2.05) is 0 Å². The number of hydrogen-bond acceptors (Lipinski definition) is 16. The highest BCUT2D eigenvalue weighted by Crippen LogP contribution is 2.33. The van der Waals surface area contributed by atoms with Crippen LogP contribution < -0.4 is 15.4 Å². The number of ether oxygens (including phenoxy) is 10. The molecule has 0 bridgehead atoms. The molecule has 1 fully saturated rings. The predicted octanol–water partition coefficient (Wildman–Crippen LogP) is 0.644. The van der Waals surface area contributed by atoms with E-state index in [1.54, 1.807) is 5.32 Å². The lowest BCUT2D eigenvalue weighted by molar-refractivity contribution is -0.173. The van der Waals surface area contributed by atoms with Crippen molar-refractivity contribution in [1.82, 2.24) is 15.5 Å². The number of halogens is 3. The van der Waals surface area contributed by atoms with Crippen LogP contribution in [0.15, 0.2) is 18.2 Å². The third-order valence-electron chi connectivity index (χ3n) is 8.33. The molecule has 1 saturated heterocycles. The number of benzene rings is 1. The van der Waals surface area contributed by atoms with Crippen molar-refractivity contribution >= 4 is 35.3 Å². The van der Waals surface area contributed by atoms with Crippen molar-refractivity contribution in [2.75, 3.05) is 132 Å². The van der Waals surface area contributed by atoms with Crippen LogP contribution >= 0.6 is 0 Å². The van der Waals surface area contributed by atoms with E-state index >= 15 is 0 Å². The number of piperidine rings is 1. The minimum Gasteiger partial charge on any atom is -0.485 e. The third kappa shape index (κ3) is 19.5. The number of alkyl halides is 3. The Labute approximate surface area is 345 Å². The minimum atomic E-state index is -4.90. The molecule has 0 spiro atoms. The Morgan fingerprint density at radius 1 is 0.667 bits per heavy atom. The van der Waals surface area contributed by atoms with Crippen molar-refractivity contribution in [2.45, 2.75) is 37.9 Å². The second-order valence-corrected chi connectivity index (χ2v) is 12.8. The SMILES string of the molecule is O=C(CCCOCCOCCOCCOCCOCCOCCOCCOCCOCCNC(=O)C(F)(F)F)COc1cccc2c1C(=O)N(C1CCC(=O)NC1=O)C2=O. The first-order chi connectivity index (χ1) is 29.0. The second-order valence-electron chi connectivity index (χ2n) is 12.8. The van der Waals surface area contributed by atoms with Gasteiger partial charge in [-0.2, -0.15) is 13.2 Å². The van der Waals surface area contributed by atoms with Crippen molar-refractivity contribution < 1.29 is 89.3 Å². The Hall–Kier alpha value is -4.13. The van der Waals surface area contributed by atoms with Crippen LogP contribution in [0.5, 0.6) is 5.75 Å². The van der Waals surface area contributed by atoms with E-state index in [1.165, 1.54) is 18.2 Å². The molecule has 22 heteroatoms. The number of ketones is 1. The fourth-order valence-corrected chi connectivity index (χ4v) is 5.40. The molecule has 338 valence electrons. The molecule has 2 aliphatic rings. The summed E-state index contributed by atoms with van der Waals surface area (Å²) in [6, 6.07) is 3.35. The molecule has 60 heavy (non-hydrogen) atoms. The molecule has 2 heterocycles. The Morgan fingerprint density at radius 3 is 1.60 bits per heavy atom. The minimum absolute atomic E-state index is 0.00740. The molecule has 0 aromatic heterocycles. The molecule has 0 saturated carbocycles. The van der Waals surface area contributed by atoms with Crippen LogP contribution in [-0.2, 0) is 61.8 Å². The lowest BCUT2D eigenvalue weighted by Gasteiger charge is -2.27. The van der Waals surface area contributed by atoms with Crippen LogP contribution in [0.3, 0.4) is 0 Å². The van der Waals surface area contributed by atoms with Gasteiger partial charge in [0.25, 0.3) is 11.8 Å². The molecule has 0 aliphatic carbocycles. The summed E-state index contributed by atoms with van der Waals surface area (Å²) in [6.07, 6.45) is -4.24. The zero-order valence-electron chi connectivity index (χ0n) is 33.4. The number of Topliss-reactive ketones (excluding diaryl/α,β-unsaturated/α-hetero) is 1. The van der Waals surface area contributed by atoms with Crippen LogP contribution in [0, 0.1) is 0 Å². The van der Waals surface area contributed by atoms with Gasteiger partial charge in [0.05, 0.1) is 123 Å². The molecule has 1 atom stereocenters. The number of rotatable bonds is 35. The summed E-state index contributed by atoms with van der Waals surface area (Å²) in [7, 11) is 0. The number of nitrogens with zero attached hydrogens (tertiary/aromatic N) is 1. The highest BCUT2D eigenvalue weighted by Gasteiger charge is 2.46. The van der Waals surface area contributed by atoms with Crippen LogP contribution in [0.2, 0.25) is 0 Å². The number of imide groups is 2. The maximum absolute atomic E-state index is 13.1. The first-order valence-electron chi connectivity index (χ1n) is 19.5. The first kappa shape index (κ1) is 50.2. The largest absolute Gasteiger partial charge is 0.485 e. The molecule has 2 aliphatic heterocycles.